The van der Waals surface area contributed by atoms with Crippen LogP contribution in [0.15, 0.2) is 24.3 Å². The van der Waals surface area contributed by atoms with E-state index < -0.39 is 0 Å². The minimum atomic E-state index is 0.290. The molecular weight excluding hydrogens is 394 g/mol. The average molecular weight is 430 g/mol. The Bertz CT molecular complexity index is 774. The number of hydrogen-bond donors (Lipinski definition) is 1. The third kappa shape index (κ3) is 4.36. The Kier molecular flexibility index (Phi) is 5.51. The van der Waals surface area contributed by atoms with Gasteiger partial charge in [0.1, 0.15) is 0 Å². The first kappa shape index (κ1) is 20.6. The maximum atomic E-state index is 12.8. The number of nitrogens with one attached hydrogen (secondary N) is 1. The van der Waals surface area contributed by atoms with Gasteiger partial charge in [-0.05, 0) is 79.4 Å². The maximum absolute atomic E-state index is 12.8. The monoisotopic (exact) mass is 429 g/mol. The van der Waals surface area contributed by atoms with E-state index in [4.69, 9.17) is 11.6 Å². The molecule has 5 aliphatic rings. The lowest BCUT2D eigenvalue weighted by Crippen LogP contribution is -2.52. The molecule has 0 spiro atoms. The van der Waals surface area contributed by atoms with Gasteiger partial charge in [-0.2, -0.15) is 0 Å². The summed E-state index contributed by atoms with van der Waals surface area (Å²) in [6.07, 6.45) is 8.90. The van der Waals surface area contributed by atoms with Crippen LogP contribution < -0.4 is 10.2 Å². The maximum Gasteiger partial charge on any atom is 0.220 e. The summed E-state index contributed by atoms with van der Waals surface area (Å²) < 4.78 is 0. The molecule has 0 aromatic heterocycles. The molecule has 1 aliphatic heterocycles. The summed E-state index contributed by atoms with van der Waals surface area (Å²) in [5, 5.41) is 4.05. The zero-order valence-electron chi connectivity index (χ0n) is 18.3. The number of nitrogens with zero attached hydrogens (tertiary/aromatic N) is 2. The molecule has 30 heavy (non-hydrogen) atoms. The van der Waals surface area contributed by atoms with Gasteiger partial charge in [0.05, 0.1) is 0 Å². The van der Waals surface area contributed by atoms with Crippen LogP contribution in [0.1, 0.15) is 51.9 Å². The van der Waals surface area contributed by atoms with Gasteiger partial charge in [0, 0.05) is 56.4 Å². The van der Waals surface area contributed by atoms with E-state index in [0.717, 1.165) is 62.5 Å². The fraction of sp³-hybridized carbons (Fsp3) is 0.720. The highest BCUT2D eigenvalue weighted by Crippen LogP contribution is 2.66. The molecule has 4 bridgehead atoms. The fourth-order valence-electron chi connectivity index (χ4n) is 7.79. The van der Waals surface area contributed by atoms with Crippen molar-refractivity contribution in [1.29, 1.82) is 0 Å². The van der Waals surface area contributed by atoms with Crippen molar-refractivity contribution in [1.82, 2.24) is 10.2 Å². The standard InChI is InChI=1S/C25H36ClN3O/c1-24-13-19-11-20(14-24)16-25(15-19,18-24)17-23(30)27-5-6-28-7-9-29(10-8-28)22-4-2-3-21(26)12-22/h2-4,12,19-20H,5-11,13-18H2,1H3,(H,27,30)/t19-,20+,24?,25?. The van der Waals surface area contributed by atoms with E-state index in [1.54, 1.807) is 0 Å². The lowest BCUT2D eigenvalue weighted by Gasteiger charge is -2.61. The largest absolute Gasteiger partial charge is 0.369 e. The molecule has 1 saturated heterocycles. The number of amides is 1. The van der Waals surface area contributed by atoms with Gasteiger partial charge in [0.2, 0.25) is 5.91 Å². The van der Waals surface area contributed by atoms with E-state index >= 15 is 0 Å². The van der Waals surface area contributed by atoms with Crippen LogP contribution in [0.2, 0.25) is 5.02 Å². The third-order valence-corrected chi connectivity index (χ3v) is 8.54. The lowest BCUT2D eigenvalue weighted by atomic mass is 9.44. The van der Waals surface area contributed by atoms with E-state index in [-0.39, 0.29) is 5.91 Å². The van der Waals surface area contributed by atoms with Crippen LogP contribution in [0.25, 0.3) is 0 Å². The molecule has 1 heterocycles. The quantitative estimate of drug-likeness (QED) is 0.719. The topological polar surface area (TPSA) is 35.6 Å². The first-order valence-electron chi connectivity index (χ1n) is 11.9. The molecule has 2 unspecified atom stereocenters. The van der Waals surface area contributed by atoms with Crippen LogP contribution in [0.5, 0.6) is 0 Å². The molecule has 6 rings (SSSR count). The fourth-order valence-corrected chi connectivity index (χ4v) is 7.98. The molecule has 1 aromatic rings. The summed E-state index contributed by atoms with van der Waals surface area (Å²) in [6.45, 7) is 8.31. The summed E-state index contributed by atoms with van der Waals surface area (Å²) in [4.78, 5) is 17.7. The zero-order valence-corrected chi connectivity index (χ0v) is 19.1. The molecular formula is C25H36ClN3O. The molecule has 4 nitrogen and oxygen atoms in total. The number of rotatable bonds is 6. The SMILES string of the molecule is CC12C[C@H]3C[C@@H](C1)CC(CC(=O)NCCN1CCN(c4cccc(Cl)c4)CC1)(C3)C2. The molecule has 4 aliphatic carbocycles. The van der Waals surface area contributed by atoms with Gasteiger partial charge in [0.25, 0.3) is 0 Å². The van der Waals surface area contributed by atoms with Crippen molar-refractivity contribution in [2.24, 2.45) is 22.7 Å². The number of carbonyl (C=O) groups excluding carboxylic acids is 1. The highest BCUT2D eigenvalue weighted by Gasteiger charge is 2.56. The van der Waals surface area contributed by atoms with Gasteiger partial charge in [0.15, 0.2) is 0 Å². The molecule has 164 valence electrons. The van der Waals surface area contributed by atoms with Crippen molar-refractivity contribution in [3.8, 4) is 0 Å². The Hall–Kier alpha value is -1.26. The zero-order chi connectivity index (χ0) is 20.8. The number of piperazine rings is 1. The highest BCUT2D eigenvalue weighted by atomic mass is 35.5. The molecule has 5 fully saturated rings. The molecule has 1 N–H and O–H groups in total. The Morgan fingerprint density at radius 2 is 1.87 bits per heavy atom. The van der Waals surface area contributed by atoms with Gasteiger partial charge < -0.3 is 10.2 Å². The van der Waals surface area contributed by atoms with Crippen molar-refractivity contribution >= 4 is 23.2 Å². The van der Waals surface area contributed by atoms with Crippen LogP contribution in [-0.4, -0.2) is 50.1 Å². The Morgan fingerprint density at radius 3 is 2.53 bits per heavy atom. The minimum Gasteiger partial charge on any atom is -0.369 e. The van der Waals surface area contributed by atoms with Crippen LogP contribution in [0.4, 0.5) is 5.69 Å². The van der Waals surface area contributed by atoms with Crippen LogP contribution in [0, 0.1) is 22.7 Å². The van der Waals surface area contributed by atoms with E-state index in [1.807, 2.05) is 18.2 Å². The van der Waals surface area contributed by atoms with E-state index in [1.165, 1.54) is 44.2 Å². The molecule has 4 saturated carbocycles. The van der Waals surface area contributed by atoms with Crippen LogP contribution in [0.3, 0.4) is 0 Å². The van der Waals surface area contributed by atoms with E-state index in [9.17, 15) is 4.79 Å². The van der Waals surface area contributed by atoms with Crippen molar-refractivity contribution in [2.75, 3.05) is 44.2 Å². The summed E-state index contributed by atoms with van der Waals surface area (Å²) in [5.74, 6) is 2.07. The molecule has 0 radical (unpaired) electrons. The van der Waals surface area contributed by atoms with Crippen molar-refractivity contribution in [2.45, 2.75) is 51.9 Å². The van der Waals surface area contributed by atoms with Crippen LogP contribution in [-0.2, 0) is 4.79 Å². The van der Waals surface area contributed by atoms with E-state index in [0.29, 0.717) is 10.8 Å². The second-order valence-electron chi connectivity index (χ2n) is 11.1. The predicted octanol–water partition coefficient (Wildman–Crippen LogP) is 4.57. The number of benzene rings is 1. The van der Waals surface area contributed by atoms with Gasteiger partial charge in [-0.1, -0.05) is 24.6 Å². The van der Waals surface area contributed by atoms with Crippen LogP contribution >= 0.6 is 11.6 Å². The normalized spacial score (nSPS) is 35.6. The summed E-state index contributed by atoms with van der Waals surface area (Å²) in [6, 6.07) is 8.12. The first-order valence-corrected chi connectivity index (χ1v) is 12.3. The Labute approximate surface area is 186 Å². The molecule has 1 amide bonds. The summed E-state index contributed by atoms with van der Waals surface area (Å²) >= 11 is 6.13. The van der Waals surface area contributed by atoms with E-state index in [2.05, 4.69) is 28.1 Å². The number of halogens is 1. The minimum absolute atomic E-state index is 0.290. The lowest BCUT2D eigenvalue weighted by molar-refractivity contribution is -0.136. The Balaban J connectivity index is 1.05. The predicted molar refractivity (Wildman–Crippen MR) is 123 cm³/mol. The number of carbonyl (C=O) groups is 1. The molecule has 4 atom stereocenters. The first-order chi connectivity index (χ1) is 14.4. The molecule has 1 aromatic carbocycles. The highest BCUT2D eigenvalue weighted by molar-refractivity contribution is 6.30. The number of hydrogen-bond acceptors (Lipinski definition) is 3. The third-order valence-electron chi connectivity index (χ3n) is 8.31. The summed E-state index contributed by atoms with van der Waals surface area (Å²) in [7, 11) is 0. The summed E-state index contributed by atoms with van der Waals surface area (Å²) in [5.41, 5.74) is 2.04. The van der Waals surface area contributed by atoms with Gasteiger partial charge in [-0.3, -0.25) is 9.69 Å². The second-order valence-corrected chi connectivity index (χ2v) is 11.5. The Morgan fingerprint density at radius 1 is 1.13 bits per heavy atom. The van der Waals surface area contributed by atoms with Crippen molar-refractivity contribution < 1.29 is 4.79 Å². The second kappa shape index (κ2) is 8.02. The molecule has 5 heteroatoms. The van der Waals surface area contributed by atoms with Gasteiger partial charge >= 0.3 is 0 Å². The van der Waals surface area contributed by atoms with Crippen molar-refractivity contribution in [3.63, 3.8) is 0 Å². The van der Waals surface area contributed by atoms with Gasteiger partial charge in [-0.15, -0.1) is 0 Å². The smallest absolute Gasteiger partial charge is 0.220 e. The van der Waals surface area contributed by atoms with Crippen molar-refractivity contribution in [3.05, 3.63) is 29.3 Å². The average Bonchev–Trinajstić information content (AvgIpc) is 2.66. The van der Waals surface area contributed by atoms with Gasteiger partial charge in [-0.25, -0.2) is 0 Å². The number of anilines is 1.